The molecule has 0 spiro atoms. The lowest BCUT2D eigenvalue weighted by atomic mass is 9.73. The molecule has 0 unspecified atom stereocenters. The molecule has 0 N–H and O–H groups in total. The quantitative estimate of drug-likeness (QED) is 0.802. The van der Waals surface area contributed by atoms with Gasteiger partial charge >= 0.3 is 5.97 Å². The second kappa shape index (κ2) is 5.57. The van der Waals surface area contributed by atoms with Crippen LogP contribution in [0.25, 0.3) is 11.0 Å². The largest absolute Gasteiger partial charge is 0.466 e. The molecule has 2 aromatic rings. The van der Waals surface area contributed by atoms with E-state index in [1.807, 2.05) is 19.1 Å². The Morgan fingerprint density at radius 2 is 2.20 bits per heavy atom. The van der Waals surface area contributed by atoms with Gasteiger partial charge in [-0.15, -0.1) is 0 Å². The van der Waals surface area contributed by atoms with E-state index in [-0.39, 0.29) is 11.9 Å². The minimum absolute atomic E-state index is 0.0445. The summed E-state index contributed by atoms with van der Waals surface area (Å²) in [5.74, 6) is 0.591. The van der Waals surface area contributed by atoms with Crippen molar-refractivity contribution in [3.05, 3.63) is 36.2 Å². The molecule has 1 aliphatic carbocycles. The Hall–Kier alpha value is -1.97. The molecule has 1 fully saturated rings. The Morgan fingerprint density at radius 1 is 1.35 bits per heavy atom. The van der Waals surface area contributed by atoms with Crippen LogP contribution >= 0.6 is 0 Å². The fourth-order valence-electron chi connectivity index (χ4n) is 2.76. The van der Waals surface area contributed by atoms with Crippen LogP contribution in [0.3, 0.4) is 0 Å². The number of carbonyl (C=O) groups is 1. The average Bonchev–Trinajstić information content (AvgIpc) is 2.42. The number of nitrogens with zero attached hydrogens (tertiary/aromatic N) is 2. The van der Waals surface area contributed by atoms with Gasteiger partial charge in [0.1, 0.15) is 0 Å². The molecule has 1 aliphatic rings. The molecule has 104 valence electrons. The molecule has 0 aliphatic heterocycles. The zero-order valence-corrected chi connectivity index (χ0v) is 11.6. The predicted molar refractivity (Wildman–Crippen MR) is 76.1 cm³/mol. The number of pyridine rings is 2. The zero-order chi connectivity index (χ0) is 13.9. The molecule has 0 radical (unpaired) electrons. The first-order valence-corrected chi connectivity index (χ1v) is 7.13. The fourth-order valence-corrected chi connectivity index (χ4v) is 2.76. The number of hydrogen-bond donors (Lipinski definition) is 0. The molecular formula is C16H18N2O2. The van der Waals surface area contributed by atoms with Gasteiger partial charge in [-0.2, -0.15) is 0 Å². The summed E-state index contributed by atoms with van der Waals surface area (Å²) < 4.78 is 5.04. The van der Waals surface area contributed by atoms with Gasteiger partial charge in [0.15, 0.2) is 5.65 Å². The van der Waals surface area contributed by atoms with Gasteiger partial charge in [0.2, 0.25) is 0 Å². The van der Waals surface area contributed by atoms with Gasteiger partial charge in [-0.3, -0.25) is 4.79 Å². The number of esters is 1. The first-order chi connectivity index (χ1) is 9.76. The van der Waals surface area contributed by atoms with Gasteiger partial charge in [0, 0.05) is 17.3 Å². The van der Waals surface area contributed by atoms with Crippen LogP contribution in [0, 0.1) is 11.8 Å². The summed E-state index contributed by atoms with van der Waals surface area (Å²) in [6.45, 7) is 2.32. The van der Waals surface area contributed by atoms with Crippen molar-refractivity contribution in [2.24, 2.45) is 11.8 Å². The predicted octanol–water partition coefficient (Wildman–Crippen LogP) is 2.76. The minimum Gasteiger partial charge on any atom is -0.466 e. The first-order valence-electron chi connectivity index (χ1n) is 7.13. The van der Waals surface area contributed by atoms with Crippen molar-refractivity contribution in [2.75, 3.05) is 6.61 Å². The third kappa shape index (κ3) is 2.64. The van der Waals surface area contributed by atoms with Gasteiger partial charge < -0.3 is 4.74 Å². The zero-order valence-electron chi connectivity index (χ0n) is 11.6. The van der Waals surface area contributed by atoms with Gasteiger partial charge in [0.05, 0.1) is 12.5 Å². The Bertz CT molecular complexity index is 621. The number of rotatable bonds is 4. The molecule has 3 rings (SSSR count). The summed E-state index contributed by atoms with van der Waals surface area (Å²) in [6.07, 6.45) is 4.52. The summed E-state index contributed by atoms with van der Waals surface area (Å²) in [7, 11) is 0. The monoisotopic (exact) mass is 270 g/mol. The van der Waals surface area contributed by atoms with Crippen LogP contribution < -0.4 is 0 Å². The van der Waals surface area contributed by atoms with Crippen LogP contribution in [-0.4, -0.2) is 22.5 Å². The van der Waals surface area contributed by atoms with E-state index in [0.29, 0.717) is 12.5 Å². The molecule has 0 atom stereocenters. The van der Waals surface area contributed by atoms with Gasteiger partial charge in [0.25, 0.3) is 0 Å². The van der Waals surface area contributed by atoms with E-state index in [9.17, 15) is 4.79 Å². The average molecular weight is 270 g/mol. The topological polar surface area (TPSA) is 52.1 Å². The van der Waals surface area contributed by atoms with Gasteiger partial charge in [-0.1, -0.05) is 0 Å². The Balaban J connectivity index is 1.60. The summed E-state index contributed by atoms with van der Waals surface area (Å²) >= 11 is 0. The Kier molecular flexibility index (Phi) is 3.63. The van der Waals surface area contributed by atoms with Crippen LogP contribution in [-0.2, 0) is 16.0 Å². The van der Waals surface area contributed by atoms with Crippen LogP contribution in [0.1, 0.15) is 25.5 Å². The highest BCUT2D eigenvalue weighted by Gasteiger charge is 2.35. The van der Waals surface area contributed by atoms with Crippen LogP contribution in [0.4, 0.5) is 0 Å². The van der Waals surface area contributed by atoms with Crippen LogP contribution in [0.15, 0.2) is 30.5 Å². The van der Waals surface area contributed by atoms with E-state index in [4.69, 9.17) is 4.74 Å². The Morgan fingerprint density at radius 3 is 3.00 bits per heavy atom. The molecule has 2 aromatic heterocycles. The van der Waals surface area contributed by atoms with E-state index in [2.05, 4.69) is 22.1 Å². The molecule has 20 heavy (non-hydrogen) atoms. The maximum atomic E-state index is 11.6. The van der Waals surface area contributed by atoms with Crippen molar-refractivity contribution in [1.82, 2.24) is 9.97 Å². The van der Waals surface area contributed by atoms with Gasteiger partial charge in [-0.25, -0.2) is 9.97 Å². The van der Waals surface area contributed by atoms with Crippen molar-refractivity contribution < 1.29 is 9.53 Å². The number of carbonyl (C=O) groups excluding carboxylic acids is 1. The SMILES string of the molecule is CCOC(=O)C1CC(Cc2ccc3cccnc3n2)C1. The van der Waals surface area contributed by atoms with Crippen molar-refractivity contribution in [1.29, 1.82) is 0 Å². The van der Waals surface area contributed by atoms with Crippen LogP contribution in [0.2, 0.25) is 0 Å². The van der Waals surface area contributed by atoms with Crippen molar-refractivity contribution in [3.63, 3.8) is 0 Å². The molecule has 0 saturated heterocycles. The van der Waals surface area contributed by atoms with E-state index >= 15 is 0 Å². The second-order valence-electron chi connectivity index (χ2n) is 5.34. The number of fused-ring (bicyclic) bond motifs is 1. The molecule has 0 bridgehead atoms. The molecule has 4 heteroatoms. The van der Waals surface area contributed by atoms with Crippen molar-refractivity contribution in [2.45, 2.75) is 26.2 Å². The molecule has 1 saturated carbocycles. The van der Waals surface area contributed by atoms with E-state index in [1.54, 1.807) is 6.20 Å². The number of aromatic nitrogens is 2. The van der Waals surface area contributed by atoms with E-state index in [0.717, 1.165) is 36.0 Å². The minimum atomic E-state index is -0.0445. The standard InChI is InChI=1S/C16H18N2O2/c1-2-20-16(19)13-8-11(9-13)10-14-6-5-12-4-3-7-17-15(12)18-14/h3-7,11,13H,2,8-10H2,1H3. The highest BCUT2D eigenvalue weighted by Crippen LogP contribution is 2.36. The summed E-state index contributed by atoms with van der Waals surface area (Å²) in [5.41, 5.74) is 1.86. The first kappa shape index (κ1) is 13.0. The third-order valence-electron chi connectivity index (χ3n) is 3.88. The van der Waals surface area contributed by atoms with E-state index in [1.165, 1.54) is 0 Å². The lowest BCUT2D eigenvalue weighted by Gasteiger charge is -2.33. The van der Waals surface area contributed by atoms with Crippen molar-refractivity contribution >= 4 is 17.0 Å². The molecule has 0 amide bonds. The summed E-state index contributed by atoms with van der Waals surface area (Å²) in [5, 5.41) is 1.06. The Labute approximate surface area is 118 Å². The summed E-state index contributed by atoms with van der Waals surface area (Å²) in [6, 6.07) is 8.05. The van der Waals surface area contributed by atoms with Gasteiger partial charge in [-0.05, 0) is 56.4 Å². The highest BCUT2D eigenvalue weighted by molar-refractivity contribution is 5.74. The maximum absolute atomic E-state index is 11.6. The summed E-state index contributed by atoms with van der Waals surface area (Å²) in [4.78, 5) is 20.4. The maximum Gasteiger partial charge on any atom is 0.308 e. The van der Waals surface area contributed by atoms with E-state index < -0.39 is 0 Å². The van der Waals surface area contributed by atoms with Crippen LogP contribution in [0.5, 0.6) is 0 Å². The third-order valence-corrected chi connectivity index (χ3v) is 3.88. The fraction of sp³-hybridized carbons (Fsp3) is 0.438. The van der Waals surface area contributed by atoms with Crippen molar-refractivity contribution in [3.8, 4) is 0 Å². The molecule has 0 aromatic carbocycles. The number of hydrogen-bond acceptors (Lipinski definition) is 4. The second-order valence-corrected chi connectivity index (χ2v) is 5.34. The highest BCUT2D eigenvalue weighted by atomic mass is 16.5. The smallest absolute Gasteiger partial charge is 0.308 e. The molecule has 4 nitrogen and oxygen atoms in total. The molecular weight excluding hydrogens is 252 g/mol. The lowest BCUT2D eigenvalue weighted by molar-refractivity contribution is -0.152. The number of ether oxygens (including phenoxy) is 1. The normalized spacial score (nSPS) is 21.4. The molecule has 2 heterocycles. The lowest BCUT2D eigenvalue weighted by Crippen LogP contribution is -2.33.